The third-order valence-corrected chi connectivity index (χ3v) is 4.76. The Hall–Kier alpha value is -0.160. The van der Waals surface area contributed by atoms with E-state index in [-0.39, 0.29) is 32.9 Å². The molecule has 0 aromatic carbocycles. The van der Waals surface area contributed by atoms with Gasteiger partial charge in [0, 0.05) is 36.3 Å². The van der Waals surface area contributed by atoms with E-state index in [1.165, 1.54) is 0 Å². The lowest BCUT2D eigenvalue weighted by Gasteiger charge is -2.45. The standard InChI is InChI=1S/C24H54N4/c1-19(2,13-22(7,8)25)16-28(17-20(3,4)14-23(9,10)26)18-21(5,6)15-24(11,12)27/h13-18,25-27H2,1-12H3. The number of hydrogen-bond donors (Lipinski definition) is 3. The lowest BCUT2D eigenvalue weighted by molar-refractivity contribution is 0.0574. The minimum Gasteiger partial charge on any atom is -0.326 e. The zero-order chi connectivity index (χ0) is 22.8. The molecule has 0 aromatic rings. The van der Waals surface area contributed by atoms with E-state index in [4.69, 9.17) is 17.2 Å². The van der Waals surface area contributed by atoms with Crippen molar-refractivity contribution in [2.75, 3.05) is 19.6 Å². The van der Waals surface area contributed by atoms with Gasteiger partial charge in [0.15, 0.2) is 0 Å². The highest BCUT2D eigenvalue weighted by Gasteiger charge is 2.35. The van der Waals surface area contributed by atoms with Crippen LogP contribution in [0.5, 0.6) is 0 Å². The molecule has 0 saturated heterocycles. The summed E-state index contributed by atoms with van der Waals surface area (Å²) in [4.78, 5) is 2.64. The molecule has 0 atom stereocenters. The minimum absolute atomic E-state index is 0.140. The molecule has 0 amide bonds. The van der Waals surface area contributed by atoms with Crippen LogP contribution in [0.25, 0.3) is 0 Å². The predicted molar refractivity (Wildman–Crippen MR) is 126 cm³/mol. The van der Waals surface area contributed by atoms with Crippen molar-refractivity contribution in [3.8, 4) is 0 Å². The SMILES string of the molecule is CC(C)(N)CC(C)(C)CN(CC(C)(C)CC(C)(C)N)CC(C)(C)CC(C)(C)N. The van der Waals surface area contributed by atoms with Crippen molar-refractivity contribution in [2.24, 2.45) is 33.4 Å². The summed E-state index contributed by atoms with van der Waals surface area (Å²) in [7, 11) is 0. The molecule has 0 bridgehead atoms. The van der Waals surface area contributed by atoms with Crippen molar-refractivity contribution in [2.45, 2.75) is 119 Å². The van der Waals surface area contributed by atoms with Gasteiger partial charge in [-0.2, -0.15) is 0 Å². The van der Waals surface area contributed by atoms with Gasteiger partial charge in [0.1, 0.15) is 0 Å². The number of hydrogen-bond acceptors (Lipinski definition) is 4. The second-order valence-electron chi connectivity index (χ2n) is 14.1. The van der Waals surface area contributed by atoms with E-state index in [1.54, 1.807) is 0 Å². The molecule has 0 aromatic heterocycles. The second kappa shape index (κ2) is 8.91. The summed E-state index contributed by atoms with van der Waals surface area (Å²) in [6.07, 6.45) is 2.96. The molecule has 0 unspecified atom stereocenters. The van der Waals surface area contributed by atoms with Crippen molar-refractivity contribution in [3.05, 3.63) is 0 Å². The number of rotatable bonds is 12. The van der Waals surface area contributed by atoms with E-state index in [1.807, 2.05) is 0 Å². The van der Waals surface area contributed by atoms with Gasteiger partial charge >= 0.3 is 0 Å². The van der Waals surface area contributed by atoms with Crippen LogP contribution in [0.1, 0.15) is 102 Å². The Bertz CT molecular complexity index is 399. The van der Waals surface area contributed by atoms with Gasteiger partial charge in [-0.05, 0) is 77.0 Å². The zero-order valence-corrected chi connectivity index (χ0v) is 21.4. The van der Waals surface area contributed by atoms with Crippen LogP contribution in [0.15, 0.2) is 0 Å². The van der Waals surface area contributed by atoms with Crippen LogP contribution in [0.2, 0.25) is 0 Å². The topological polar surface area (TPSA) is 81.3 Å². The minimum atomic E-state index is -0.168. The van der Waals surface area contributed by atoms with Gasteiger partial charge in [0.2, 0.25) is 0 Å². The highest BCUT2D eigenvalue weighted by atomic mass is 15.1. The van der Waals surface area contributed by atoms with E-state index < -0.39 is 0 Å². The van der Waals surface area contributed by atoms with E-state index in [9.17, 15) is 0 Å². The number of nitrogens with two attached hydrogens (primary N) is 3. The Morgan fingerprint density at radius 3 is 0.750 bits per heavy atom. The molecule has 0 aliphatic heterocycles. The van der Waals surface area contributed by atoms with Crippen LogP contribution < -0.4 is 17.2 Å². The van der Waals surface area contributed by atoms with Gasteiger partial charge in [-0.3, -0.25) is 0 Å². The molecule has 0 rings (SSSR count). The first kappa shape index (κ1) is 27.8. The van der Waals surface area contributed by atoms with Crippen LogP contribution in [-0.2, 0) is 0 Å². The summed E-state index contributed by atoms with van der Waals surface area (Å²) in [5.74, 6) is 0. The van der Waals surface area contributed by atoms with E-state index in [0.29, 0.717) is 0 Å². The lowest BCUT2D eigenvalue weighted by Crippen LogP contribution is -2.50. The summed E-state index contributed by atoms with van der Waals surface area (Å²) in [5.41, 5.74) is 19.0. The van der Waals surface area contributed by atoms with Gasteiger partial charge in [-0.15, -0.1) is 0 Å². The van der Waals surface area contributed by atoms with E-state index in [2.05, 4.69) is 88.0 Å². The van der Waals surface area contributed by atoms with Gasteiger partial charge in [-0.25, -0.2) is 0 Å². The molecule has 4 heteroatoms. The third-order valence-electron chi connectivity index (χ3n) is 4.76. The molecular weight excluding hydrogens is 344 g/mol. The van der Waals surface area contributed by atoms with E-state index >= 15 is 0 Å². The lowest BCUT2D eigenvalue weighted by atomic mass is 9.76. The summed E-state index contributed by atoms with van der Waals surface area (Å²) < 4.78 is 0. The normalized spacial score (nSPS) is 15.4. The molecule has 6 N–H and O–H groups in total. The first-order valence-corrected chi connectivity index (χ1v) is 11.0. The maximum absolute atomic E-state index is 6.37. The monoisotopic (exact) mass is 398 g/mol. The fourth-order valence-electron chi connectivity index (χ4n) is 5.85. The highest BCUT2D eigenvalue weighted by Crippen LogP contribution is 2.35. The van der Waals surface area contributed by atoms with Gasteiger partial charge in [0.25, 0.3) is 0 Å². The largest absolute Gasteiger partial charge is 0.326 e. The Labute approximate surface area is 177 Å². The highest BCUT2D eigenvalue weighted by molar-refractivity contribution is 4.91. The van der Waals surface area contributed by atoms with Crippen molar-refractivity contribution in [1.82, 2.24) is 4.90 Å². The van der Waals surface area contributed by atoms with Crippen LogP contribution in [0, 0.1) is 16.2 Å². The smallest absolute Gasteiger partial charge is 0.0103 e. The molecule has 4 nitrogen and oxygen atoms in total. The van der Waals surface area contributed by atoms with Crippen LogP contribution in [0.3, 0.4) is 0 Å². The van der Waals surface area contributed by atoms with Crippen molar-refractivity contribution < 1.29 is 0 Å². The summed E-state index contributed by atoms with van der Waals surface area (Å²) in [6.45, 7) is 29.9. The fourth-order valence-corrected chi connectivity index (χ4v) is 5.85. The Morgan fingerprint density at radius 2 is 0.607 bits per heavy atom. The van der Waals surface area contributed by atoms with Gasteiger partial charge in [0.05, 0.1) is 0 Å². The molecule has 0 fully saturated rings. The summed E-state index contributed by atoms with van der Waals surface area (Å²) in [5, 5.41) is 0. The van der Waals surface area contributed by atoms with Gasteiger partial charge < -0.3 is 22.1 Å². The maximum atomic E-state index is 6.37. The Morgan fingerprint density at radius 1 is 0.429 bits per heavy atom. The molecule has 0 saturated carbocycles. The second-order valence-corrected chi connectivity index (χ2v) is 14.1. The van der Waals surface area contributed by atoms with Crippen LogP contribution >= 0.6 is 0 Å². The molecular formula is C24H54N4. The number of nitrogens with zero attached hydrogens (tertiary/aromatic N) is 1. The van der Waals surface area contributed by atoms with Crippen LogP contribution in [-0.4, -0.2) is 41.2 Å². The van der Waals surface area contributed by atoms with Gasteiger partial charge in [-0.1, -0.05) is 41.5 Å². The molecule has 0 heterocycles. The van der Waals surface area contributed by atoms with Crippen molar-refractivity contribution in [3.63, 3.8) is 0 Å². The van der Waals surface area contributed by atoms with Crippen molar-refractivity contribution in [1.29, 1.82) is 0 Å². The average molecular weight is 399 g/mol. The van der Waals surface area contributed by atoms with E-state index in [0.717, 1.165) is 38.9 Å². The molecule has 0 spiro atoms. The average Bonchev–Trinajstić information content (AvgIpc) is 2.12. The molecule has 0 aliphatic rings. The third kappa shape index (κ3) is 14.8. The maximum Gasteiger partial charge on any atom is 0.0103 e. The molecule has 170 valence electrons. The van der Waals surface area contributed by atoms with Crippen molar-refractivity contribution >= 4 is 0 Å². The zero-order valence-electron chi connectivity index (χ0n) is 21.4. The summed E-state index contributed by atoms with van der Waals surface area (Å²) >= 11 is 0. The molecule has 0 aliphatic carbocycles. The first-order valence-electron chi connectivity index (χ1n) is 11.0. The molecule has 28 heavy (non-hydrogen) atoms. The first-order chi connectivity index (χ1) is 11.9. The van der Waals surface area contributed by atoms with Crippen LogP contribution in [0.4, 0.5) is 0 Å². The predicted octanol–water partition coefficient (Wildman–Crippen LogP) is 4.75. The molecule has 0 radical (unpaired) electrons. The Balaban J connectivity index is 5.54. The Kier molecular flexibility index (Phi) is 8.86. The fraction of sp³-hybridized carbons (Fsp3) is 1.00. The summed E-state index contributed by atoms with van der Waals surface area (Å²) in [6, 6.07) is 0. The quantitative estimate of drug-likeness (QED) is 0.443.